The van der Waals surface area contributed by atoms with Crippen LogP contribution in [0, 0.1) is 6.92 Å². The van der Waals surface area contributed by atoms with Crippen LogP contribution >= 0.6 is 11.3 Å². The Hall–Kier alpha value is -3.78. The molecule has 142 valence electrons. The third kappa shape index (κ3) is 2.73. The smallest absolute Gasteiger partial charge is 0.334 e. The molecular formula is C21H13N3O4S. The first-order chi connectivity index (χ1) is 14.0. The average molecular weight is 403 g/mol. The van der Waals surface area contributed by atoms with E-state index in [1.807, 2.05) is 5.38 Å². The molecular weight excluding hydrogens is 390 g/mol. The van der Waals surface area contributed by atoms with Crippen molar-refractivity contribution in [2.45, 2.75) is 6.92 Å². The Kier molecular flexibility index (Phi) is 3.82. The number of para-hydroxylation sites is 1. The molecule has 4 heterocycles. The van der Waals surface area contributed by atoms with Crippen molar-refractivity contribution in [3.63, 3.8) is 0 Å². The summed E-state index contributed by atoms with van der Waals surface area (Å²) in [6.07, 6.45) is 1.62. The zero-order valence-corrected chi connectivity index (χ0v) is 15.9. The fourth-order valence-electron chi connectivity index (χ4n) is 3.35. The monoisotopic (exact) mass is 403 g/mol. The number of fused-ring (bicyclic) bond motifs is 2. The molecule has 0 aliphatic rings. The van der Waals surface area contributed by atoms with Crippen LogP contribution in [0.1, 0.15) is 5.76 Å². The normalized spacial score (nSPS) is 11.3. The number of hydrogen-bond acceptors (Lipinski definition) is 6. The standard InChI is InChI=1S/C21H13N3O4S/c1-11-8-16(25)19-18(28-11)14(10-29-19)12-6-7-17(22-9-12)24-15-5-3-2-4-13(15)20(26)23-21(24)27/h2-10H,1H3,(H,23,26,27). The molecule has 7 nitrogen and oxygen atoms in total. The highest BCUT2D eigenvalue weighted by Gasteiger charge is 2.14. The highest BCUT2D eigenvalue weighted by atomic mass is 32.1. The summed E-state index contributed by atoms with van der Waals surface area (Å²) >= 11 is 1.32. The van der Waals surface area contributed by atoms with Crippen LogP contribution in [-0.2, 0) is 0 Å². The van der Waals surface area contributed by atoms with E-state index >= 15 is 0 Å². The van der Waals surface area contributed by atoms with Crippen molar-refractivity contribution >= 4 is 32.5 Å². The van der Waals surface area contributed by atoms with Crippen LogP contribution < -0.4 is 16.7 Å². The molecule has 1 N–H and O–H groups in total. The maximum Gasteiger partial charge on any atom is 0.334 e. The van der Waals surface area contributed by atoms with E-state index in [4.69, 9.17) is 4.42 Å². The van der Waals surface area contributed by atoms with Crippen LogP contribution in [0.25, 0.3) is 38.1 Å². The topological polar surface area (TPSA) is 98.0 Å². The minimum atomic E-state index is -0.559. The third-order valence-electron chi connectivity index (χ3n) is 4.67. The van der Waals surface area contributed by atoms with E-state index in [0.717, 1.165) is 11.1 Å². The number of aromatic nitrogens is 3. The van der Waals surface area contributed by atoms with Crippen LogP contribution in [0.3, 0.4) is 0 Å². The van der Waals surface area contributed by atoms with Gasteiger partial charge in [-0.25, -0.2) is 14.3 Å². The fraction of sp³-hybridized carbons (Fsp3) is 0.0476. The Morgan fingerprint density at radius 2 is 1.93 bits per heavy atom. The maximum atomic E-state index is 12.4. The maximum absolute atomic E-state index is 12.4. The van der Waals surface area contributed by atoms with Gasteiger partial charge in [-0.3, -0.25) is 14.6 Å². The lowest BCUT2D eigenvalue weighted by Gasteiger charge is -2.09. The van der Waals surface area contributed by atoms with Gasteiger partial charge in [-0.05, 0) is 31.2 Å². The molecule has 0 aliphatic carbocycles. The number of nitrogens with zero attached hydrogens (tertiary/aromatic N) is 2. The third-order valence-corrected chi connectivity index (χ3v) is 5.64. The lowest BCUT2D eigenvalue weighted by atomic mass is 10.1. The van der Waals surface area contributed by atoms with Crippen molar-refractivity contribution in [3.8, 4) is 16.9 Å². The summed E-state index contributed by atoms with van der Waals surface area (Å²) in [5, 5.41) is 2.26. The summed E-state index contributed by atoms with van der Waals surface area (Å²) < 4.78 is 7.67. The summed E-state index contributed by atoms with van der Waals surface area (Å²) in [6.45, 7) is 1.73. The van der Waals surface area contributed by atoms with Gasteiger partial charge in [0.25, 0.3) is 5.56 Å². The van der Waals surface area contributed by atoms with Crippen molar-refractivity contribution in [1.82, 2.24) is 14.5 Å². The van der Waals surface area contributed by atoms with Gasteiger partial charge in [0.05, 0.1) is 10.9 Å². The predicted molar refractivity (Wildman–Crippen MR) is 112 cm³/mol. The number of aromatic amines is 1. The molecule has 0 unspecified atom stereocenters. The molecule has 5 rings (SSSR count). The summed E-state index contributed by atoms with van der Waals surface area (Å²) in [5.41, 5.74) is 1.46. The van der Waals surface area contributed by atoms with E-state index in [1.165, 1.54) is 22.0 Å². The Labute approximate surface area is 166 Å². The second-order valence-electron chi connectivity index (χ2n) is 6.55. The number of hydrogen-bond donors (Lipinski definition) is 1. The van der Waals surface area contributed by atoms with Gasteiger partial charge < -0.3 is 4.42 Å². The number of thiophene rings is 1. The number of nitrogens with one attached hydrogen (secondary N) is 1. The Bertz CT molecular complexity index is 1570. The van der Waals surface area contributed by atoms with Gasteiger partial charge in [0, 0.05) is 28.8 Å². The lowest BCUT2D eigenvalue weighted by molar-refractivity contribution is 0.567. The molecule has 0 amide bonds. The van der Waals surface area contributed by atoms with Gasteiger partial charge in [-0.15, -0.1) is 11.3 Å². The highest BCUT2D eigenvalue weighted by Crippen LogP contribution is 2.32. The van der Waals surface area contributed by atoms with Crippen molar-refractivity contribution in [2.75, 3.05) is 0 Å². The molecule has 0 bridgehead atoms. The fourth-order valence-corrected chi connectivity index (χ4v) is 4.27. The second kappa shape index (κ2) is 6.39. The molecule has 1 aromatic carbocycles. The molecule has 4 aromatic heterocycles. The van der Waals surface area contributed by atoms with Gasteiger partial charge in [0.15, 0.2) is 5.58 Å². The average Bonchev–Trinajstić information content (AvgIpc) is 3.13. The van der Waals surface area contributed by atoms with Crippen LogP contribution in [0.4, 0.5) is 0 Å². The van der Waals surface area contributed by atoms with Crippen LogP contribution in [-0.4, -0.2) is 14.5 Å². The molecule has 0 radical (unpaired) electrons. The number of aryl methyl sites for hydroxylation is 1. The van der Waals surface area contributed by atoms with Crippen molar-refractivity contribution in [2.24, 2.45) is 0 Å². The Morgan fingerprint density at radius 3 is 2.72 bits per heavy atom. The van der Waals surface area contributed by atoms with Crippen molar-refractivity contribution < 1.29 is 4.42 Å². The van der Waals surface area contributed by atoms with E-state index in [9.17, 15) is 14.4 Å². The largest absolute Gasteiger partial charge is 0.460 e. The predicted octanol–water partition coefficient (Wildman–Crippen LogP) is 3.22. The first kappa shape index (κ1) is 17.3. The van der Waals surface area contributed by atoms with E-state index in [0.29, 0.717) is 32.8 Å². The molecule has 8 heteroatoms. The van der Waals surface area contributed by atoms with E-state index < -0.39 is 11.2 Å². The Balaban J connectivity index is 1.68. The van der Waals surface area contributed by atoms with Gasteiger partial charge >= 0.3 is 5.69 Å². The molecule has 5 aromatic rings. The van der Waals surface area contributed by atoms with Crippen LogP contribution in [0.2, 0.25) is 0 Å². The van der Waals surface area contributed by atoms with Gasteiger partial charge in [-0.2, -0.15) is 0 Å². The van der Waals surface area contributed by atoms with Crippen molar-refractivity contribution in [1.29, 1.82) is 0 Å². The minimum absolute atomic E-state index is 0.0733. The van der Waals surface area contributed by atoms with E-state index in [1.54, 1.807) is 49.5 Å². The first-order valence-electron chi connectivity index (χ1n) is 8.76. The first-order valence-corrected chi connectivity index (χ1v) is 9.64. The molecule has 0 saturated carbocycles. The number of rotatable bonds is 2. The Morgan fingerprint density at radius 1 is 1.10 bits per heavy atom. The molecule has 0 saturated heterocycles. The van der Waals surface area contributed by atoms with Gasteiger partial charge in [0.2, 0.25) is 5.43 Å². The highest BCUT2D eigenvalue weighted by molar-refractivity contribution is 7.17. The summed E-state index contributed by atoms with van der Waals surface area (Å²) in [5.74, 6) is 0.918. The quantitative estimate of drug-likeness (QED) is 0.488. The molecule has 0 fully saturated rings. The van der Waals surface area contributed by atoms with Crippen LogP contribution in [0.15, 0.2) is 72.8 Å². The van der Waals surface area contributed by atoms with Crippen molar-refractivity contribution in [3.05, 3.63) is 90.9 Å². The van der Waals surface area contributed by atoms with Crippen LogP contribution in [0.5, 0.6) is 0 Å². The van der Waals surface area contributed by atoms with Gasteiger partial charge in [-0.1, -0.05) is 12.1 Å². The lowest BCUT2D eigenvalue weighted by Crippen LogP contribution is -2.29. The molecule has 0 atom stereocenters. The second-order valence-corrected chi connectivity index (χ2v) is 7.43. The van der Waals surface area contributed by atoms with E-state index in [2.05, 4.69) is 9.97 Å². The molecule has 29 heavy (non-hydrogen) atoms. The molecule has 0 aliphatic heterocycles. The summed E-state index contributed by atoms with van der Waals surface area (Å²) in [6, 6.07) is 11.8. The summed E-state index contributed by atoms with van der Waals surface area (Å²) in [4.78, 5) is 43.4. The number of H-pyrrole nitrogens is 1. The number of benzene rings is 1. The zero-order valence-electron chi connectivity index (χ0n) is 15.1. The van der Waals surface area contributed by atoms with Gasteiger partial charge in [0.1, 0.15) is 16.3 Å². The summed E-state index contributed by atoms with van der Waals surface area (Å²) in [7, 11) is 0. The minimum Gasteiger partial charge on any atom is -0.460 e. The van der Waals surface area contributed by atoms with E-state index in [-0.39, 0.29) is 5.43 Å². The zero-order chi connectivity index (χ0) is 20.1. The SMILES string of the molecule is Cc1cc(=O)c2scc(-c3ccc(-n4c(=O)[nH]c(=O)c5ccccc54)nc3)c2o1. The molecule has 0 spiro atoms. The number of pyridine rings is 1.